The second-order valence-electron chi connectivity index (χ2n) is 4.31. The summed E-state index contributed by atoms with van der Waals surface area (Å²) in [6.45, 7) is 1.02. The van der Waals surface area contributed by atoms with Crippen molar-refractivity contribution in [3.05, 3.63) is 40.5 Å². The molecule has 0 radical (unpaired) electrons. The van der Waals surface area contributed by atoms with Gasteiger partial charge in [-0.05, 0) is 23.8 Å². The standard InChI is InChI=1S/C15H15N3O2S/c1-19-6-7-20-11-4-2-10(3-5-11)12-8-14(21)18-15(17)13(12)9-16/h2-5,8H,6-7H2,1H3,(H3,17,18,21). The number of aromatic amines is 1. The second kappa shape index (κ2) is 6.88. The molecule has 0 saturated heterocycles. The number of anilines is 1. The largest absolute Gasteiger partial charge is 0.491 e. The summed E-state index contributed by atoms with van der Waals surface area (Å²) < 4.78 is 10.9. The number of ether oxygens (including phenoxy) is 2. The van der Waals surface area contributed by atoms with Gasteiger partial charge in [-0.3, -0.25) is 0 Å². The van der Waals surface area contributed by atoms with E-state index in [1.807, 2.05) is 24.3 Å². The molecule has 108 valence electrons. The monoisotopic (exact) mass is 301 g/mol. The minimum Gasteiger partial charge on any atom is -0.491 e. The molecule has 1 aromatic heterocycles. The molecule has 0 aliphatic rings. The lowest BCUT2D eigenvalue weighted by Crippen LogP contribution is -2.04. The number of hydrogen-bond acceptors (Lipinski definition) is 5. The highest BCUT2D eigenvalue weighted by Crippen LogP contribution is 2.27. The number of nitriles is 1. The lowest BCUT2D eigenvalue weighted by Gasteiger charge is -2.09. The average Bonchev–Trinajstić information content (AvgIpc) is 2.47. The molecule has 0 aliphatic heterocycles. The molecule has 0 saturated carbocycles. The summed E-state index contributed by atoms with van der Waals surface area (Å²) in [4.78, 5) is 2.78. The van der Waals surface area contributed by atoms with Crippen molar-refractivity contribution in [2.75, 3.05) is 26.1 Å². The number of pyridine rings is 1. The third kappa shape index (κ3) is 3.60. The number of hydrogen-bond donors (Lipinski definition) is 2. The number of nitrogens with zero attached hydrogens (tertiary/aromatic N) is 1. The van der Waals surface area contributed by atoms with Crippen molar-refractivity contribution in [2.24, 2.45) is 0 Å². The highest BCUT2D eigenvalue weighted by molar-refractivity contribution is 7.71. The maximum Gasteiger partial charge on any atom is 0.120 e. The average molecular weight is 301 g/mol. The highest BCUT2D eigenvalue weighted by Gasteiger charge is 2.09. The third-order valence-electron chi connectivity index (χ3n) is 2.91. The van der Waals surface area contributed by atoms with Crippen molar-refractivity contribution in [1.29, 1.82) is 5.26 Å². The number of rotatable bonds is 5. The molecule has 0 spiro atoms. The molecule has 0 fully saturated rings. The van der Waals surface area contributed by atoms with E-state index in [0.29, 0.717) is 29.0 Å². The zero-order valence-electron chi connectivity index (χ0n) is 11.6. The van der Waals surface area contributed by atoms with E-state index in [1.54, 1.807) is 13.2 Å². The molecule has 0 bridgehead atoms. The van der Waals surface area contributed by atoms with Crippen LogP contribution in [0.5, 0.6) is 5.75 Å². The number of aromatic nitrogens is 1. The van der Waals surface area contributed by atoms with E-state index in [2.05, 4.69) is 11.1 Å². The first-order valence-electron chi connectivity index (χ1n) is 6.30. The molecule has 1 aromatic carbocycles. The highest BCUT2D eigenvalue weighted by atomic mass is 32.1. The minimum atomic E-state index is 0.278. The minimum absolute atomic E-state index is 0.278. The molecular weight excluding hydrogens is 286 g/mol. The molecule has 1 heterocycles. The van der Waals surface area contributed by atoms with Gasteiger partial charge in [-0.15, -0.1) is 0 Å². The van der Waals surface area contributed by atoms with Gasteiger partial charge >= 0.3 is 0 Å². The number of H-pyrrole nitrogens is 1. The van der Waals surface area contributed by atoms with Gasteiger partial charge in [0.1, 0.15) is 34.4 Å². The van der Waals surface area contributed by atoms with Crippen LogP contribution in [0.3, 0.4) is 0 Å². The van der Waals surface area contributed by atoms with E-state index < -0.39 is 0 Å². The number of nitrogens with two attached hydrogens (primary N) is 1. The maximum atomic E-state index is 9.23. The van der Waals surface area contributed by atoms with Gasteiger partial charge in [-0.2, -0.15) is 5.26 Å². The summed E-state index contributed by atoms with van der Waals surface area (Å²) in [5.41, 5.74) is 7.75. The van der Waals surface area contributed by atoms with Gasteiger partial charge in [-0.1, -0.05) is 24.4 Å². The lowest BCUT2D eigenvalue weighted by molar-refractivity contribution is 0.146. The van der Waals surface area contributed by atoms with Crippen LogP contribution in [0.15, 0.2) is 30.3 Å². The predicted molar refractivity (Wildman–Crippen MR) is 83.6 cm³/mol. The van der Waals surface area contributed by atoms with Crippen molar-refractivity contribution < 1.29 is 9.47 Å². The van der Waals surface area contributed by atoms with Crippen LogP contribution in [0.2, 0.25) is 0 Å². The van der Waals surface area contributed by atoms with Crippen LogP contribution < -0.4 is 10.5 Å². The van der Waals surface area contributed by atoms with Gasteiger partial charge in [0.15, 0.2) is 0 Å². The summed E-state index contributed by atoms with van der Waals surface area (Å²) >= 11 is 5.11. The number of methoxy groups -OCH3 is 1. The quantitative estimate of drug-likeness (QED) is 0.655. The smallest absolute Gasteiger partial charge is 0.120 e. The first kappa shape index (κ1) is 15.0. The van der Waals surface area contributed by atoms with Gasteiger partial charge in [-0.25, -0.2) is 0 Å². The van der Waals surface area contributed by atoms with E-state index in [9.17, 15) is 5.26 Å². The third-order valence-corrected chi connectivity index (χ3v) is 3.13. The predicted octanol–water partition coefficient (Wildman–Crippen LogP) is 2.89. The van der Waals surface area contributed by atoms with Gasteiger partial charge in [0, 0.05) is 12.7 Å². The summed E-state index contributed by atoms with van der Waals surface area (Å²) in [6.07, 6.45) is 0. The summed E-state index contributed by atoms with van der Waals surface area (Å²) in [5.74, 6) is 1.02. The van der Waals surface area contributed by atoms with E-state index in [-0.39, 0.29) is 5.82 Å². The topological polar surface area (TPSA) is 84.1 Å². The first-order valence-corrected chi connectivity index (χ1v) is 6.71. The fourth-order valence-corrected chi connectivity index (χ4v) is 2.13. The van der Waals surface area contributed by atoms with E-state index in [4.69, 9.17) is 27.4 Å². The van der Waals surface area contributed by atoms with Crippen LogP contribution >= 0.6 is 12.2 Å². The van der Waals surface area contributed by atoms with E-state index in [1.165, 1.54) is 0 Å². The van der Waals surface area contributed by atoms with Crippen molar-refractivity contribution >= 4 is 18.0 Å². The summed E-state index contributed by atoms with van der Waals surface area (Å²) in [5, 5.41) is 9.23. The van der Waals surface area contributed by atoms with Gasteiger partial charge in [0.25, 0.3) is 0 Å². The van der Waals surface area contributed by atoms with Crippen molar-refractivity contribution in [1.82, 2.24) is 4.98 Å². The van der Waals surface area contributed by atoms with Gasteiger partial charge in [0.05, 0.1) is 6.61 Å². The molecule has 2 aromatic rings. The Bertz CT molecular complexity index is 717. The van der Waals surface area contributed by atoms with Crippen LogP contribution in [0.4, 0.5) is 5.82 Å². The van der Waals surface area contributed by atoms with Crippen LogP contribution in [0.25, 0.3) is 11.1 Å². The van der Waals surface area contributed by atoms with Gasteiger partial charge < -0.3 is 20.2 Å². The Morgan fingerprint density at radius 2 is 2.00 bits per heavy atom. The van der Waals surface area contributed by atoms with E-state index in [0.717, 1.165) is 11.3 Å². The Morgan fingerprint density at radius 3 is 2.62 bits per heavy atom. The molecule has 0 atom stereocenters. The Hall–Kier alpha value is -2.36. The molecule has 21 heavy (non-hydrogen) atoms. The molecular formula is C15H15N3O2S. The zero-order valence-corrected chi connectivity index (χ0v) is 12.4. The van der Waals surface area contributed by atoms with Crippen LogP contribution in [-0.2, 0) is 4.74 Å². The van der Waals surface area contributed by atoms with Gasteiger partial charge in [0.2, 0.25) is 0 Å². The number of nitrogen functional groups attached to an aromatic ring is 1. The summed E-state index contributed by atoms with van der Waals surface area (Å²) in [6, 6.07) is 11.2. The van der Waals surface area contributed by atoms with Crippen LogP contribution in [0.1, 0.15) is 5.56 Å². The lowest BCUT2D eigenvalue weighted by atomic mass is 10.0. The van der Waals surface area contributed by atoms with Crippen LogP contribution in [0, 0.1) is 16.0 Å². The normalized spacial score (nSPS) is 10.1. The first-order chi connectivity index (χ1) is 10.2. The molecule has 0 unspecified atom stereocenters. The fourth-order valence-electron chi connectivity index (χ4n) is 1.90. The Balaban J connectivity index is 2.31. The summed E-state index contributed by atoms with van der Waals surface area (Å²) in [7, 11) is 1.62. The van der Waals surface area contributed by atoms with Crippen molar-refractivity contribution in [3.63, 3.8) is 0 Å². The number of benzene rings is 1. The molecule has 2 rings (SSSR count). The molecule has 6 heteroatoms. The van der Waals surface area contributed by atoms with Crippen LogP contribution in [-0.4, -0.2) is 25.3 Å². The SMILES string of the molecule is COCCOc1ccc(-c2cc(=S)[nH]c(N)c2C#N)cc1. The zero-order chi connectivity index (χ0) is 15.2. The van der Waals surface area contributed by atoms with Crippen molar-refractivity contribution in [2.45, 2.75) is 0 Å². The molecule has 0 aliphatic carbocycles. The number of nitrogens with one attached hydrogen (secondary N) is 1. The Morgan fingerprint density at radius 1 is 1.29 bits per heavy atom. The second-order valence-corrected chi connectivity index (χ2v) is 4.75. The molecule has 0 amide bonds. The van der Waals surface area contributed by atoms with E-state index >= 15 is 0 Å². The molecule has 3 N–H and O–H groups in total. The van der Waals surface area contributed by atoms with Crippen molar-refractivity contribution in [3.8, 4) is 22.9 Å². The Kier molecular flexibility index (Phi) is 4.93. The maximum absolute atomic E-state index is 9.23. The Labute approximate surface area is 127 Å². The fraction of sp³-hybridized carbons (Fsp3) is 0.200. The molecule has 5 nitrogen and oxygen atoms in total.